The van der Waals surface area contributed by atoms with Crippen molar-refractivity contribution in [1.82, 2.24) is 4.31 Å². The van der Waals surface area contributed by atoms with Crippen LogP contribution in [-0.2, 0) is 15.3 Å². The second kappa shape index (κ2) is 5.41. The third-order valence-corrected chi connectivity index (χ3v) is 4.44. The average molecular weight is 253 g/mol. The van der Waals surface area contributed by atoms with Crippen molar-refractivity contribution in [3.63, 3.8) is 0 Å². The van der Waals surface area contributed by atoms with Gasteiger partial charge in [0.2, 0.25) is 5.91 Å². The number of carbonyl (C=O) groups excluding carboxylic acids is 2. The molecule has 1 fully saturated rings. The van der Waals surface area contributed by atoms with Crippen LogP contribution in [0.3, 0.4) is 0 Å². The maximum atomic E-state index is 11.3. The molecule has 0 radical (unpaired) electrons. The minimum atomic E-state index is -0.0736. The highest BCUT2D eigenvalue weighted by Crippen LogP contribution is 2.31. The number of amides is 1. The van der Waals surface area contributed by atoms with E-state index in [1.807, 2.05) is 30.3 Å². The summed E-state index contributed by atoms with van der Waals surface area (Å²) < 4.78 is 1.54. The van der Waals surface area contributed by atoms with E-state index in [0.29, 0.717) is 0 Å². The molecule has 0 aliphatic carbocycles. The third-order valence-electron chi connectivity index (χ3n) is 2.16. The van der Waals surface area contributed by atoms with Gasteiger partial charge in [-0.3, -0.25) is 13.9 Å². The van der Waals surface area contributed by atoms with Crippen LogP contribution in [0.1, 0.15) is 12.0 Å². The zero-order valence-corrected chi connectivity index (χ0v) is 10.2. The maximum absolute atomic E-state index is 11.3. The van der Waals surface area contributed by atoms with E-state index in [9.17, 15) is 9.59 Å². The number of hydrogen-bond acceptors (Lipinski definition) is 4. The summed E-state index contributed by atoms with van der Waals surface area (Å²) in [7, 11) is 2.95. The van der Waals surface area contributed by atoms with Crippen LogP contribution >= 0.6 is 21.8 Å². The van der Waals surface area contributed by atoms with E-state index in [4.69, 9.17) is 0 Å². The Labute approximate surface area is 102 Å². The van der Waals surface area contributed by atoms with E-state index in [1.165, 1.54) is 20.8 Å². The molecule has 0 spiro atoms. The van der Waals surface area contributed by atoms with Crippen molar-refractivity contribution in [2.24, 2.45) is 0 Å². The summed E-state index contributed by atoms with van der Waals surface area (Å²) in [6.45, 7) is 0.255. The Kier molecular flexibility index (Phi) is 3.90. The van der Waals surface area contributed by atoms with Crippen molar-refractivity contribution in [3.05, 3.63) is 35.9 Å². The second-order valence-corrected chi connectivity index (χ2v) is 5.74. The fraction of sp³-hybridized carbons (Fsp3) is 0.273. The SMILES string of the molecule is O=C1CC(=O)N(SSCc2ccccc2)C1. The molecule has 3 nitrogen and oxygen atoms in total. The molecule has 0 atom stereocenters. The van der Waals surface area contributed by atoms with Gasteiger partial charge >= 0.3 is 0 Å². The molecule has 2 rings (SSSR count). The van der Waals surface area contributed by atoms with E-state index in [2.05, 4.69) is 0 Å². The van der Waals surface area contributed by atoms with Gasteiger partial charge in [0.25, 0.3) is 0 Å². The largest absolute Gasteiger partial charge is 0.297 e. The summed E-state index contributed by atoms with van der Waals surface area (Å²) in [4.78, 5) is 22.3. The van der Waals surface area contributed by atoms with Crippen molar-refractivity contribution < 1.29 is 9.59 Å². The summed E-state index contributed by atoms with van der Waals surface area (Å²) in [5.74, 6) is 0.775. The molecule has 5 heteroatoms. The Balaban J connectivity index is 1.76. The van der Waals surface area contributed by atoms with E-state index < -0.39 is 0 Å². The monoisotopic (exact) mass is 253 g/mol. The van der Waals surface area contributed by atoms with Crippen LogP contribution in [0.25, 0.3) is 0 Å². The number of nitrogens with zero attached hydrogens (tertiary/aromatic N) is 1. The predicted octanol–water partition coefficient (Wildman–Crippen LogP) is 2.28. The highest BCUT2D eigenvalue weighted by atomic mass is 33.1. The minimum Gasteiger partial charge on any atom is -0.297 e. The topological polar surface area (TPSA) is 37.4 Å². The zero-order valence-electron chi connectivity index (χ0n) is 8.59. The van der Waals surface area contributed by atoms with Gasteiger partial charge in [-0.2, -0.15) is 0 Å². The summed E-state index contributed by atoms with van der Waals surface area (Å²) in [6.07, 6.45) is 0.0684. The molecule has 1 aromatic rings. The van der Waals surface area contributed by atoms with Crippen LogP contribution in [0.2, 0.25) is 0 Å². The Bertz CT molecular complexity index is 394. The molecule has 16 heavy (non-hydrogen) atoms. The molecule has 0 unspecified atom stereocenters. The van der Waals surface area contributed by atoms with Gasteiger partial charge < -0.3 is 0 Å². The normalized spacial score (nSPS) is 15.9. The van der Waals surface area contributed by atoms with Crippen LogP contribution in [0.4, 0.5) is 0 Å². The lowest BCUT2D eigenvalue weighted by Gasteiger charge is -2.11. The molecule has 1 heterocycles. The molecule has 0 saturated carbocycles. The summed E-state index contributed by atoms with van der Waals surface area (Å²) in [6, 6.07) is 10.1. The molecule has 1 aromatic carbocycles. The third kappa shape index (κ3) is 3.02. The van der Waals surface area contributed by atoms with Crippen molar-refractivity contribution in [2.75, 3.05) is 6.54 Å². The molecule has 0 bridgehead atoms. The van der Waals surface area contributed by atoms with Gasteiger partial charge in [-0.25, -0.2) is 0 Å². The Morgan fingerprint density at radius 3 is 2.56 bits per heavy atom. The molecule has 84 valence electrons. The highest BCUT2D eigenvalue weighted by molar-refractivity contribution is 8.75. The lowest BCUT2D eigenvalue weighted by Crippen LogP contribution is -2.15. The van der Waals surface area contributed by atoms with Gasteiger partial charge in [0.15, 0.2) is 5.78 Å². The summed E-state index contributed by atoms with van der Waals surface area (Å²) in [5.41, 5.74) is 1.22. The van der Waals surface area contributed by atoms with E-state index >= 15 is 0 Å². The van der Waals surface area contributed by atoms with E-state index in [0.717, 1.165) is 5.75 Å². The van der Waals surface area contributed by atoms with Gasteiger partial charge in [0.1, 0.15) is 0 Å². The quantitative estimate of drug-likeness (QED) is 0.469. The number of Topliss-reactive ketones (excluding diaryl/α,β-unsaturated/α-hetero) is 1. The maximum Gasteiger partial charge on any atom is 0.240 e. The van der Waals surface area contributed by atoms with Gasteiger partial charge in [0, 0.05) is 16.7 Å². The molecule has 1 amide bonds. The van der Waals surface area contributed by atoms with Crippen LogP contribution in [0.15, 0.2) is 30.3 Å². The number of carbonyl (C=O) groups is 2. The first-order valence-corrected chi connectivity index (χ1v) is 7.19. The Morgan fingerprint density at radius 2 is 1.94 bits per heavy atom. The smallest absolute Gasteiger partial charge is 0.240 e. The number of benzene rings is 1. The highest BCUT2D eigenvalue weighted by Gasteiger charge is 2.27. The van der Waals surface area contributed by atoms with Crippen molar-refractivity contribution >= 4 is 33.5 Å². The Morgan fingerprint density at radius 1 is 1.19 bits per heavy atom. The molecular formula is C11H11NO2S2. The van der Waals surface area contributed by atoms with Crippen LogP contribution in [0, 0.1) is 0 Å². The van der Waals surface area contributed by atoms with Crippen LogP contribution in [-0.4, -0.2) is 22.5 Å². The number of hydrogen-bond donors (Lipinski definition) is 0. The van der Waals surface area contributed by atoms with Crippen molar-refractivity contribution in [3.8, 4) is 0 Å². The molecule has 1 saturated heterocycles. The first kappa shape index (κ1) is 11.5. The van der Waals surface area contributed by atoms with E-state index in [1.54, 1.807) is 10.8 Å². The first-order valence-electron chi connectivity index (χ1n) is 4.91. The summed E-state index contributed by atoms with van der Waals surface area (Å²) in [5, 5.41) is 0. The average Bonchev–Trinajstić information content (AvgIpc) is 2.59. The lowest BCUT2D eigenvalue weighted by molar-refractivity contribution is -0.124. The van der Waals surface area contributed by atoms with Gasteiger partial charge in [-0.1, -0.05) is 41.1 Å². The predicted molar refractivity (Wildman–Crippen MR) is 66.7 cm³/mol. The molecule has 0 N–H and O–H groups in total. The lowest BCUT2D eigenvalue weighted by atomic mass is 10.2. The summed E-state index contributed by atoms with van der Waals surface area (Å²) >= 11 is 0. The van der Waals surface area contributed by atoms with Crippen LogP contribution in [0.5, 0.6) is 0 Å². The second-order valence-electron chi connectivity index (χ2n) is 3.47. The molecule has 1 aliphatic heterocycles. The molecule has 0 aromatic heterocycles. The van der Waals surface area contributed by atoms with Gasteiger partial charge in [-0.15, -0.1) is 0 Å². The van der Waals surface area contributed by atoms with Gasteiger partial charge in [-0.05, 0) is 5.56 Å². The molecule has 1 aliphatic rings. The molecular weight excluding hydrogens is 242 g/mol. The first-order chi connectivity index (χ1) is 7.75. The van der Waals surface area contributed by atoms with Gasteiger partial charge in [0.05, 0.1) is 13.0 Å². The van der Waals surface area contributed by atoms with E-state index in [-0.39, 0.29) is 24.7 Å². The Hall–Kier alpha value is -0.940. The fourth-order valence-corrected chi connectivity index (χ4v) is 3.57. The number of rotatable bonds is 4. The van der Waals surface area contributed by atoms with Crippen molar-refractivity contribution in [1.29, 1.82) is 0 Å². The minimum absolute atomic E-state index is 0.0119. The standard InChI is InChI=1S/C11H11NO2S2/c13-10-6-11(14)12(7-10)16-15-8-9-4-2-1-3-5-9/h1-5H,6-8H2. The zero-order chi connectivity index (χ0) is 11.4. The van der Waals surface area contributed by atoms with Crippen LogP contribution < -0.4 is 0 Å². The number of ketones is 1. The van der Waals surface area contributed by atoms with Crippen molar-refractivity contribution in [2.45, 2.75) is 12.2 Å². The fourth-order valence-electron chi connectivity index (χ4n) is 1.36.